The third-order valence-corrected chi connectivity index (χ3v) is 6.05. The van der Waals surface area contributed by atoms with Crippen LogP contribution in [0.15, 0.2) is 0 Å². The summed E-state index contributed by atoms with van der Waals surface area (Å²) >= 11 is 0. The zero-order valence-electron chi connectivity index (χ0n) is 14.2. The lowest BCUT2D eigenvalue weighted by atomic mass is 9.79. The number of rotatable bonds is 3. The van der Waals surface area contributed by atoms with Gasteiger partial charge in [0.2, 0.25) is 0 Å². The fraction of sp³-hybridized carbons (Fsp3) is 0.938. The first-order valence-electron chi connectivity index (χ1n) is 8.53. The normalized spacial score (nSPS) is 53.4. The maximum Gasteiger partial charge on any atom is 0.308 e. The summed E-state index contributed by atoms with van der Waals surface area (Å²) in [6.07, 6.45) is -7.61. The zero-order chi connectivity index (χ0) is 18.5. The number of ether oxygens (including phenoxy) is 3. The van der Waals surface area contributed by atoms with Gasteiger partial charge in [-0.25, -0.2) is 0 Å². The lowest BCUT2D eigenvalue weighted by Gasteiger charge is -2.45. The predicted molar refractivity (Wildman–Crippen MR) is 81.0 cm³/mol. The number of carbonyl (C=O) groups excluding carboxylic acids is 1. The predicted octanol–water partition coefficient (Wildman–Crippen LogP) is -2.25. The van der Waals surface area contributed by atoms with E-state index in [0.717, 1.165) is 0 Å². The Bertz CT molecular complexity index is 512. The van der Waals surface area contributed by atoms with Crippen LogP contribution in [-0.4, -0.2) is 87.1 Å². The number of aliphatic hydroxyl groups is 5. The topological polar surface area (TPSA) is 146 Å². The molecule has 1 aliphatic carbocycles. The minimum Gasteiger partial charge on any atom is -0.465 e. The average Bonchev–Trinajstić information content (AvgIpc) is 2.83. The summed E-state index contributed by atoms with van der Waals surface area (Å²) in [4.78, 5) is 11.8. The van der Waals surface area contributed by atoms with Gasteiger partial charge in [0.05, 0.1) is 25.2 Å². The van der Waals surface area contributed by atoms with E-state index >= 15 is 0 Å². The van der Waals surface area contributed by atoms with Gasteiger partial charge in [-0.3, -0.25) is 4.79 Å². The lowest BCUT2D eigenvalue weighted by molar-refractivity contribution is -0.338. The van der Waals surface area contributed by atoms with Gasteiger partial charge in [-0.05, 0) is 19.3 Å². The molecule has 25 heavy (non-hydrogen) atoms. The van der Waals surface area contributed by atoms with Crippen molar-refractivity contribution in [1.82, 2.24) is 0 Å². The molecule has 0 aromatic heterocycles. The molecule has 2 saturated heterocycles. The second-order valence-corrected chi connectivity index (χ2v) is 7.44. The Balaban J connectivity index is 1.80. The Morgan fingerprint density at radius 3 is 2.52 bits per heavy atom. The van der Waals surface area contributed by atoms with Crippen molar-refractivity contribution < 1.29 is 44.5 Å². The van der Waals surface area contributed by atoms with Crippen molar-refractivity contribution >= 4 is 5.97 Å². The zero-order valence-corrected chi connectivity index (χ0v) is 14.2. The molecular weight excluding hydrogens is 336 g/mol. The second kappa shape index (κ2) is 6.73. The molecule has 0 radical (unpaired) electrons. The standard InChI is InChI=1S/C16H26O9/c1-6-7-3-10(18)16(2,8(7)5-23-14(6)22)25-15-13(21)12(20)11(19)9(4-17)24-15/h6-13,15,17-21H,3-5H2,1-2H3/t6-,7+,8-,9-,10+,11+,12-,13+,15+,16+/m1/s1. The minimum absolute atomic E-state index is 0.0822. The molecule has 144 valence electrons. The average molecular weight is 362 g/mol. The van der Waals surface area contributed by atoms with Crippen LogP contribution >= 0.6 is 0 Å². The molecule has 5 N–H and O–H groups in total. The smallest absolute Gasteiger partial charge is 0.308 e. The Labute approximate surface area is 145 Å². The van der Waals surface area contributed by atoms with Gasteiger partial charge in [0.25, 0.3) is 0 Å². The number of carbonyl (C=O) groups is 1. The molecule has 0 amide bonds. The number of hydrogen-bond acceptors (Lipinski definition) is 9. The van der Waals surface area contributed by atoms with Gasteiger partial charge in [0.15, 0.2) is 6.29 Å². The summed E-state index contributed by atoms with van der Waals surface area (Å²) in [7, 11) is 0. The largest absolute Gasteiger partial charge is 0.465 e. The first-order valence-corrected chi connectivity index (χ1v) is 8.53. The molecule has 0 unspecified atom stereocenters. The number of aliphatic hydroxyl groups excluding tert-OH is 5. The van der Waals surface area contributed by atoms with Crippen molar-refractivity contribution in [3.05, 3.63) is 0 Å². The van der Waals surface area contributed by atoms with Gasteiger partial charge < -0.3 is 39.7 Å². The van der Waals surface area contributed by atoms with E-state index in [9.17, 15) is 30.3 Å². The van der Waals surface area contributed by atoms with Gasteiger partial charge in [-0.2, -0.15) is 0 Å². The Kier molecular flexibility index (Phi) is 5.11. The highest BCUT2D eigenvalue weighted by atomic mass is 16.7. The third-order valence-electron chi connectivity index (χ3n) is 6.05. The maximum absolute atomic E-state index is 11.8. The number of fused-ring (bicyclic) bond motifs is 1. The number of cyclic esters (lactones) is 1. The lowest BCUT2D eigenvalue weighted by Crippen LogP contribution is -2.62. The van der Waals surface area contributed by atoms with Crippen LogP contribution in [0.25, 0.3) is 0 Å². The summed E-state index contributed by atoms with van der Waals surface area (Å²) in [5.41, 5.74) is -1.17. The van der Waals surface area contributed by atoms with E-state index in [1.54, 1.807) is 13.8 Å². The highest BCUT2D eigenvalue weighted by Gasteiger charge is 2.59. The summed E-state index contributed by atoms with van der Waals surface area (Å²) < 4.78 is 16.4. The van der Waals surface area contributed by atoms with Crippen LogP contribution in [0.3, 0.4) is 0 Å². The van der Waals surface area contributed by atoms with Crippen molar-refractivity contribution in [2.75, 3.05) is 13.2 Å². The summed E-state index contributed by atoms with van der Waals surface area (Å²) in [5, 5.41) is 49.7. The Morgan fingerprint density at radius 2 is 1.88 bits per heavy atom. The van der Waals surface area contributed by atoms with E-state index in [-0.39, 0.29) is 30.3 Å². The highest BCUT2D eigenvalue weighted by molar-refractivity contribution is 5.73. The minimum atomic E-state index is -1.56. The molecule has 3 aliphatic rings. The molecule has 9 nitrogen and oxygen atoms in total. The molecule has 0 aromatic carbocycles. The molecule has 10 atom stereocenters. The van der Waals surface area contributed by atoms with Crippen molar-refractivity contribution in [1.29, 1.82) is 0 Å². The summed E-state index contributed by atoms with van der Waals surface area (Å²) in [6, 6.07) is 0. The van der Waals surface area contributed by atoms with Crippen molar-refractivity contribution in [2.24, 2.45) is 17.8 Å². The van der Waals surface area contributed by atoms with Gasteiger partial charge in [0, 0.05) is 5.92 Å². The van der Waals surface area contributed by atoms with Crippen LogP contribution < -0.4 is 0 Å². The van der Waals surface area contributed by atoms with Crippen LogP contribution in [0.2, 0.25) is 0 Å². The van der Waals surface area contributed by atoms with Crippen LogP contribution in [0.1, 0.15) is 20.3 Å². The summed E-state index contributed by atoms with van der Waals surface area (Å²) in [6.45, 7) is 2.91. The van der Waals surface area contributed by atoms with Crippen LogP contribution in [0.4, 0.5) is 0 Å². The van der Waals surface area contributed by atoms with E-state index in [2.05, 4.69) is 0 Å². The molecule has 3 fully saturated rings. The second-order valence-electron chi connectivity index (χ2n) is 7.44. The maximum atomic E-state index is 11.8. The van der Waals surface area contributed by atoms with Crippen LogP contribution in [0, 0.1) is 17.8 Å². The molecular formula is C16H26O9. The van der Waals surface area contributed by atoms with Crippen LogP contribution in [0.5, 0.6) is 0 Å². The Morgan fingerprint density at radius 1 is 1.20 bits per heavy atom. The fourth-order valence-corrected chi connectivity index (χ4v) is 4.23. The summed E-state index contributed by atoms with van der Waals surface area (Å²) in [5.74, 6) is -1.13. The quantitative estimate of drug-likeness (QED) is 0.351. The number of hydrogen-bond donors (Lipinski definition) is 5. The Hall–Kier alpha value is -0.810. The molecule has 3 rings (SSSR count). The molecule has 0 aromatic rings. The van der Waals surface area contributed by atoms with Crippen molar-refractivity contribution in [3.8, 4) is 0 Å². The molecule has 9 heteroatoms. The van der Waals surface area contributed by atoms with E-state index in [1.165, 1.54) is 0 Å². The van der Waals surface area contributed by atoms with Gasteiger partial charge in [-0.1, -0.05) is 6.92 Å². The highest BCUT2D eigenvalue weighted by Crippen LogP contribution is 2.49. The number of esters is 1. The molecule has 0 bridgehead atoms. The molecule has 2 heterocycles. The van der Waals surface area contributed by atoms with Gasteiger partial charge >= 0.3 is 5.97 Å². The van der Waals surface area contributed by atoms with Crippen molar-refractivity contribution in [3.63, 3.8) is 0 Å². The molecule has 0 spiro atoms. The van der Waals surface area contributed by atoms with E-state index in [0.29, 0.717) is 6.42 Å². The first-order chi connectivity index (χ1) is 11.7. The van der Waals surface area contributed by atoms with Crippen LogP contribution in [-0.2, 0) is 19.0 Å². The molecule has 1 saturated carbocycles. The third kappa shape index (κ3) is 2.97. The van der Waals surface area contributed by atoms with Gasteiger partial charge in [-0.15, -0.1) is 0 Å². The van der Waals surface area contributed by atoms with Crippen molar-refractivity contribution in [2.45, 2.75) is 62.7 Å². The first kappa shape index (κ1) is 19.0. The van der Waals surface area contributed by atoms with E-state index in [1.807, 2.05) is 0 Å². The SMILES string of the molecule is C[C@H]1C(=O)OC[C@@H]2[C@H]1C[C@H](O)[C@@]2(C)O[C@@H]1O[C@H](CO)[C@H](O)[C@@H](O)[C@@H]1O. The van der Waals surface area contributed by atoms with E-state index in [4.69, 9.17) is 14.2 Å². The molecule has 2 aliphatic heterocycles. The van der Waals surface area contributed by atoms with E-state index < -0.39 is 49.0 Å². The van der Waals surface area contributed by atoms with Gasteiger partial charge in [0.1, 0.15) is 30.0 Å². The fourth-order valence-electron chi connectivity index (χ4n) is 4.23. The monoisotopic (exact) mass is 362 g/mol.